The van der Waals surface area contributed by atoms with Gasteiger partial charge < -0.3 is 0 Å². The molecule has 0 unspecified atom stereocenters. The lowest BCUT2D eigenvalue weighted by Gasteiger charge is -2.35. The van der Waals surface area contributed by atoms with Crippen LogP contribution < -0.4 is 0 Å². The van der Waals surface area contributed by atoms with Crippen LogP contribution in [0.15, 0.2) is 190 Å². The van der Waals surface area contributed by atoms with Crippen LogP contribution in [0.1, 0.15) is 51.8 Å². The molecule has 0 N–H and O–H groups in total. The van der Waals surface area contributed by atoms with Gasteiger partial charge in [0.05, 0.1) is 0 Å². The minimum atomic E-state index is -1.66. The third-order valence-corrected chi connectivity index (χ3v) is 18.3. The number of rotatable bonds is 12. The molecule has 0 atom stereocenters. The van der Waals surface area contributed by atoms with E-state index in [9.17, 15) is 14.4 Å². The van der Waals surface area contributed by atoms with Crippen molar-refractivity contribution in [2.75, 3.05) is 0 Å². The zero-order chi connectivity index (χ0) is 35.3. The summed E-state index contributed by atoms with van der Waals surface area (Å²) in [5, 5.41) is 0. The number of hydrogen-bond acceptors (Lipinski definition) is 6. The first-order chi connectivity index (χ1) is 24.1. The van der Waals surface area contributed by atoms with Crippen molar-refractivity contribution in [3.63, 3.8) is 0 Å². The van der Waals surface area contributed by atoms with E-state index < -0.39 is 7.20 Å². The molecule has 6 aromatic carbocycles. The summed E-state index contributed by atoms with van der Waals surface area (Å²) in [5.41, 5.74) is 2.15. The molecule has 0 heterocycles. The first-order valence-electron chi connectivity index (χ1n) is 15.8. The van der Waals surface area contributed by atoms with Gasteiger partial charge in [0.25, 0.3) is 0 Å². The van der Waals surface area contributed by atoms with Crippen LogP contribution in [0.2, 0.25) is 0 Å². The third kappa shape index (κ3) is 8.66. The fraction of sp³-hybridized carbons (Fsp3) is 0.0714. The molecule has 0 amide bonds. The van der Waals surface area contributed by atoms with Crippen LogP contribution in [0.5, 0.6) is 0 Å². The highest BCUT2D eigenvalue weighted by Gasteiger charge is 2.28. The number of carbonyl (C=O) groups is 3. The highest BCUT2D eigenvalue weighted by atomic mass is 127. The highest BCUT2D eigenvalue weighted by Crippen LogP contribution is 2.74. The van der Waals surface area contributed by atoms with Gasteiger partial charge in [0.1, 0.15) is 0 Å². The molecule has 0 saturated carbocycles. The maximum Gasteiger partial charge on any atom is 0.159 e. The van der Waals surface area contributed by atoms with E-state index in [1.807, 2.05) is 72.8 Å². The van der Waals surface area contributed by atoms with E-state index in [1.165, 1.54) is 14.7 Å². The molecular weight excluding hydrogens is 808 g/mol. The Kier molecular flexibility index (Phi) is 11.8. The Morgan fingerprint density at radius 3 is 0.720 bits per heavy atom. The second-order valence-electron chi connectivity index (χ2n) is 11.5. The second-order valence-corrected chi connectivity index (χ2v) is 21.4. The summed E-state index contributed by atoms with van der Waals surface area (Å²) in [4.78, 5) is 45.5. The Hall–Kier alpha value is -3.54. The fourth-order valence-electron chi connectivity index (χ4n) is 5.18. The molecule has 0 aliphatic heterocycles. The van der Waals surface area contributed by atoms with Gasteiger partial charge >= 0.3 is 0 Å². The minimum absolute atomic E-state index is 0.0668. The standard InChI is InChI=1S/C42H33IO3S4/c1-28(44)31-4-10-34(11-5-31)47-37-16-22-40(23-17-37)50(43,41-24-18-38(19-25-41)48-35-12-6-32(7-13-35)29(2)45)42-26-20-39(21-27-42)49-36-14-8-33(9-15-36)30(3)46/h4-27H,1-3H3. The highest BCUT2D eigenvalue weighted by molar-refractivity contribution is 14.2. The summed E-state index contributed by atoms with van der Waals surface area (Å²) in [6.07, 6.45) is 0. The quantitative estimate of drug-likeness (QED) is 0.0904. The van der Waals surface area contributed by atoms with Crippen molar-refractivity contribution in [3.05, 3.63) is 162 Å². The Morgan fingerprint density at radius 2 is 0.540 bits per heavy atom. The van der Waals surface area contributed by atoms with Crippen molar-refractivity contribution in [3.8, 4) is 0 Å². The summed E-state index contributed by atoms with van der Waals surface area (Å²) < 4.78 is 0. The molecule has 0 bridgehead atoms. The summed E-state index contributed by atoms with van der Waals surface area (Å²) in [6.45, 7) is 4.76. The van der Waals surface area contributed by atoms with Crippen molar-refractivity contribution < 1.29 is 14.4 Å². The number of benzene rings is 6. The topological polar surface area (TPSA) is 51.2 Å². The van der Waals surface area contributed by atoms with Crippen molar-refractivity contribution in [1.29, 1.82) is 0 Å². The average Bonchev–Trinajstić information content (AvgIpc) is 3.13. The lowest BCUT2D eigenvalue weighted by molar-refractivity contribution is 0.100. The molecular formula is C42H33IO3S4. The zero-order valence-corrected chi connectivity index (χ0v) is 33.0. The van der Waals surface area contributed by atoms with E-state index in [2.05, 4.69) is 94.0 Å². The van der Waals surface area contributed by atoms with Crippen LogP contribution in [0.25, 0.3) is 0 Å². The molecule has 0 aromatic heterocycles. The van der Waals surface area contributed by atoms with E-state index in [0.29, 0.717) is 16.7 Å². The van der Waals surface area contributed by atoms with E-state index in [-0.39, 0.29) is 17.3 Å². The van der Waals surface area contributed by atoms with Crippen LogP contribution in [-0.2, 0) is 0 Å². The molecule has 0 radical (unpaired) electrons. The molecule has 0 aliphatic carbocycles. The fourth-order valence-corrected chi connectivity index (χ4v) is 12.6. The van der Waals surface area contributed by atoms with Gasteiger partial charge in [0, 0.05) is 60.7 Å². The Bertz CT molecular complexity index is 1880. The SMILES string of the molecule is CC(=O)c1ccc(Sc2ccc(S(I)(c3ccc(Sc4ccc(C(C)=O)cc4)cc3)c3ccc(Sc4ccc(C(C)=O)cc4)cc3)cc2)cc1. The van der Waals surface area contributed by atoms with Crippen LogP contribution in [0.4, 0.5) is 0 Å². The molecule has 3 nitrogen and oxygen atoms in total. The first-order valence-corrected chi connectivity index (χ1v) is 22.4. The van der Waals surface area contributed by atoms with Gasteiger partial charge in [0.2, 0.25) is 0 Å². The van der Waals surface area contributed by atoms with Gasteiger partial charge in [0.15, 0.2) is 17.3 Å². The maximum atomic E-state index is 11.7. The van der Waals surface area contributed by atoms with Crippen molar-refractivity contribution in [2.45, 2.75) is 64.8 Å². The van der Waals surface area contributed by atoms with Crippen LogP contribution in [0, 0.1) is 0 Å². The van der Waals surface area contributed by atoms with Gasteiger partial charge in [-0.25, -0.2) is 0 Å². The molecule has 0 fully saturated rings. The zero-order valence-electron chi connectivity index (χ0n) is 27.6. The monoisotopic (exact) mass is 840 g/mol. The number of carbonyl (C=O) groups excluding carboxylic acids is 3. The number of ketones is 3. The number of hydrogen-bond donors (Lipinski definition) is 0. The lowest BCUT2D eigenvalue weighted by atomic mass is 10.2. The molecule has 6 aromatic rings. The molecule has 0 saturated heterocycles. The Labute approximate surface area is 320 Å². The van der Waals surface area contributed by atoms with Crippen molar-refractivity contribution in [2.24, 2.45) is 0 Å². The van der Waals surface area contributed by atoms with E-state index in [4.69, 9.17) is 0 Å². The van der Waals surface area contributed by atoms with Gasteiger partial charge in [-0.2, -0.15) is 0 Å². The summed E-state index contributed by atoms with van der Waals surface area (Å²) in [7, 11) is -1.66. The molecule has 250 valence electrons. The normalized spacial score (nSPS) is 11.6. The molecule has 0 spiro atoms. The summed E-state index contributed by atoms with van der Waals surface area (Å²) >= 11 is 7.72. The van der Waals surface area contributed by atoms with Crippen molar-refractivity contribution >= 4 is 81.0 Å². The second kappa shape index (κ2) is 16.2. The third-order valence-electron chi connectivity index (χ3n) is 7.94. The van der Waals surface area contributed by atoms with Gasteiger partial charge in [-0.05, 0) is 151 Å². The van der Waals surface area contributed by atoms with Gasteiger partial charge in [-0.3, -0.25) is 14.4 Å². The molecule has 6 rings (SSSR count). The van der Waals surface area contributed by atoms with Crippen LogP contribution in [0.3, 0.4) is 0 Å². The largest absolute Gasteiger partial charge is 0.295 e. The van der Waals surface area contributed by atoms with E-state index in [0.717, 1.165) is 29.4 Å². The van der Waals surface area contributed by atoms with Gasteiger partial charge in [-0.1, -0.05) is 71.7 Å². The summed E-state index contributed by atoms with van der Waals surface area (Å²) in [6, 6.07) is 49.8. The lowest BCUT2D eigenvalue weighted by Crippen LogP contribution is -1.96. The van der Waals surface area contributed by atoms with Crippen LogP contribution in [-0.4, -0.2) is 17.3 Å². The average molecular weight is 841 g/mol. The summed E-state index contributed by atoms with van der Waals surface area (Å²) in [5.74, 6) is 0.200. The minimum Gasteiger partial charge on any atom is -0.295 e. The van der Waals surface area contributed by atoms with Crippen molar-refractivity contribution in [1.82, 2.24) is 0 Å². The predicted molar refractivity (Wildman–Crippen MR) is 217 cm³/mol. The predicted octanol–water partition coefficient (Wildman–Crippen LogP) is 13.4. The molecule has 8 heteroatoms. The Morgan fingerprint density at radius 1 is 0.360 bits per heavy atom. The molecule has 0 aliphatic rings. The van der Waals surface area contributed by atoms with Gasteiger partial charge in [-0.15, -0.1) is 7.20 Å². The van der Waals surface area contributed by atoms with Crippen LogP contribution >= 0.6 is 63.7 Å². The smallest absolute Gasteiger partial charge is 0.159 e. The number of Topliss-reactive ketones (excluding diaryl/α,β-unsaturated/α-hetero) is 3. The number of halogens is 1. The maximum absolute atomic E-state index is 11.7. The van der Waals surface area contributed by atoms with E-state index in [1.54, 1.807) is 56.1 Å². The Balaban J connectivity index is 1.29. The van der Waals surface area contributed by atoms with E-state index >= 15 is 0 Å². The molecule has 50 heavy (non-hydrogen) atoms. The first kappa shape index (κ1) is 36.3.